The zero-order valence-corrected chi connectivity index (χ0v) is 11.3. The maximum absolute atomic E-state index is 11.8. The molecule has 0 aliphatic heterocycles. The van der Waals surface area contributed by atoms with E-state index >= 15 is 0 Å². The zero-order chi connectivity index (χ0) is 14.5. The van der Waals surface area contributed by atoms with Gasteiger partial charge in [0.05, 0.1) is 5.56 Å². The van der Waals surface area contributed by atoms with Gasteiger partial charge >= 0.3 is 5.97 Å². The average molecular weight is 277 g/mol. The number of aromatic nitrogens is 3. The van der Waals surface area contributed by atoms with Gasteiger partial charge in [-0.2, -0.15) is 9.71 Å². The minimum atomic E-state index is -0.639. The van der Waals surface area contributed by atoms with E-state index in [0.29, 0.717) is 17.0 Å². The molecule has 0 saturated carbocycles. The Hall–Kier alpha value is -2.44. The summed E-state index contributed by atoms with van der Waals surface area (Å²) in [6, 6.07) is 2.77. The third-order valence-electron chi connectivity index (χ3n) is 2.63. The lowest BCUT2D eigenvalue weighted by Crippen LogP contribution is -2.24. The van der Waals surface area contributed by atoms with E-state index in [9.17, 15) is 10.0 Å². The van der Waals surface area contributed by atoms with Crippen LogP contribution in [0.5, 0.6) is 0 Å². The second-order valence-electron chi connectivity index (χ2n) is 4.29. The lowest BCUT2D eigenvalue weighted by atomic mass is 10.3. The van der Waals surface area contributed by atoms with Crippen LogP contribution in [0.15, 0.2) is 29.0 Å². The third-order valence-corrected chi connectivity index (χ3v) is 2.63. The van der Waals surface area contributed by atoms with Crippen molar-refractivity contribution in [2.45, 2.75) is 32.8 Å². The topological polar surface area (TPSA) is 92.2 Å². The highest BCUT2D eigenvalue weighted by Gasteiger charge is 2.19. The van der Waals surface area contributed by atoms with Crippen LogP contribution in [-0.4, -0.2) is 16.1 Å². The summed E-state index contributed by atoms with van der Waals surface area (Å²) in [6.45, 7) is 3.66. The van der Waals surface area contributed by atoms with Crippen LogP contribution in [0.3, 0.4) is 0 Å². The SMILES string of the molecule is CCCc1noc([C@H](C)OC(=O)c2cc[n+]([O-])cc2)n1. The number of hydrogen-bond donors (Lipinski definition) is 0. The van der Waals surface area contributed by atoms with Gasteiger partial charge in [-0.05, 0) is 13.3 Å². The van der Waals surface area contributed by atoms with E-state index in [1.54, 1.807) is 6.92 Å². The van der Waals surface area contributed by atoms with Crippen LogP contribution >= 0.6 is 0 Å². The largest absolute Gasteiger partial charge is 0.619 e. The summed E-state index contributed by atoms with van der Waals surface area (Å²) in [4.78, 5) is 16.0. The Morgan fingerprint density at radius 2 is 2.20 bits per heavy atom. The molecule has 7 nitrogen and oxygen atoms in total. The zero-order valence-electron chi connectivity index (χ0n) is 11.3. The molecule has 0 bridgehead atoms. The molecule has 0 fully saturated rings. The first-order valence-electron chi connectivity index (χ1n) is 6.32. The number of rotatable bonds is 5. The Balaban J connectivity index is 2.01. The fraction of sp³-hybridized carbons (Fsp3) is 0.385. The van der Waals surface area contributed by atoms with Crippen molar-refractivity contribution in [3.63, 3.8) is 0 Å². The molecule has 0 radical (unpaired) electrons. The van der Waals surface area contributed by atoms with E-state index in [4.69, 9.17) is 9.26 Å². The van der Waals surface area contributed by atoms with Crippen LogP contribution in [0.4, 0.5) is 0 Å². The van der Waals surface area contributed by atoms with Crippen molar-refractivity contribution in [2.24, 2.45) is 0 Å². The normalized spacial score (nSPS) is 12.1. The van der Waals surface area contributed by atoms with Gasteiger partial charge in [-0.15, -0.1) is 0 Å². The van der Waals surface area contributed by atoms with Crippen molar-refractivity contribution in [3.05, 3.63) is 47.0 Å². The molecule has 0 saturated heterocycles. The van der Waals surface area contributed by atoms with Crippen LogP contribution in [-0.2, 0) is 11.2 Å². The minimum Gasteiger partial charge on any atom is -0.619 e. The Bertz CT molecular complexity index is 580. The maximum Gasteiger partial charge on any atom is 0.339 e. The van der Waals surface area contributed by atoms with Gasteiger partial charge in [0.15, 0.2) is 24.3 Å². The second kappa shape index (κ2) is 6.14. The van der Waals surface area contributed by atoms with Gasteiger partial charge in [0, 0.05) is 18.6 Å². The van der Waals surface area contributed by atoms with Crippen LogP contribution in [0.2, 0.25) is 0 Å². The van der Waals surface area contributed by atoms with Gasteiger partial charge in [-0.3, -0.25) is 0 Å². The molecule has 0 aromatic carbocycles. The molecule has 0 N–H and O–H groups in total. The Morgan fingerprint density at radius 3 is 2.85 bits per heavy atom. The number of ether oxygens (including phenoxy) is 1. The molecule has 1 atom stereocenters. The van der Waals surface area contributed by atoms with Gasteiger partial charge in [-0.25, -0.2) is 4.79 Å². The summed E-state index contributed by atoms with van der Waals surface area (Å²) in [6.07, 6.45) is 3.44. The van der Waals surface area contributed by atoms with Crippen molar-refractivity contribution >= 4 is 5.97 Å². The van der Waals surface area contributed by atoms with Gasteiger partial charge in [-0.1, -0.05) is 12.1 Å². The Labute approximate surface area is 115 Å². The Morgan fingerprint density at radius 1 is 1.50 bits per heavy atom. The summed E-state index contributed by atoms with van der Waals surface area (Å²) in [5.41, 5.74) is 0.289. The smallest absolute Gasteiger partial charge is 0.339 e. The summed E-state index contributed by atoms with van der Waals surface area (Å²) in [5, 5.41) is 14.7. The van der Waals surface area contributed by atoms with Crippen molar-refractivity contribution in [1.29, 1.82) is 0 Å². The fourth-order valence-electron chi connectivity index (χ4n) is 1.59. The highest BCUT2D eigenvalue weighted by molar-refractivity contribution is 5.89. The monoisotopic (exact) mass is 277 g/mol. The molecule has 0 aliphatic carbocycles. The predicted molar refractivity (Wildman–Crippen MR) is 67.5 cm³/mol. The number of aryl methyl sites for hydroxylation is 1. The predicted octanol–water partition coefficient (Wildman–Crippen LogP) is 1.57. The lowest BCUT2D eigenvalue weighted by Gasteiger charge is -2.08. The molecule has 0 aliphatic rings. The molecule has 106 valence electrons. The number of esters is 1. The van der Waals surface area contributed by atoms with E-state index in [2.05, 4.69) is 10.1 Å². The van der Waals surface area contributed by atoms with Gasteiger partial charge in [0.25, 0.3) is 5.89 Å². The Kier molecular flexibility index (Phi) is 4.29. The van der Waals surface area contributed by atoms with Crippen LogP contribution in [0.1, 0.15) is 48.4 Å². The molecule has 2 aromatic rings. The van der Waals surface area contributed by atoms with Crippen LogP contribution in [0.25, 0.3) is 0 Å². The van der Waals surface area contributed by atoms with E-state index < -0.39 is 12.1 Å². The lowest BCUT2D eigenvalue weighted by molar-refractivity contribution is -0.605. The van der Waals surface area contributed by atoms with Crippen molar-refractivity contribution in [3.8, 4) is 0 Å². The fourth-order valence-corrected chi connectivity index (χ4v) is 1.59. The van der Waals surface area contributed by atoms with Gasteiger partial charge < -0.3 is 14.5 Å². The number of pyridine rings is 1. The van der Waals surface area contributed by atoms with Crippen molar-refractivity contribution in [2.75, 3.05) is 0 Å². The highest BCUT2D eigenvalue weighted by atomic mass is 16.6. The maximum atomic E-state index is 11.8. The molecule has 2 rings (SSSR count). The van der Waals surface area contributed by atoms with Crippen LogP contribution < -0.4 is 4.73 Å². The summed E-state index contributed by atoms with van der Waals surface area (Å²) >= 11 is 0. The first-order chi connectivity index (χ1) is 9.60. The number of carbonyl (C=O) groups is 1. The summed E-state index contributed by atoms with van der Waals surface area (Å²) in [5.74, 6) is 0.308. The molecule has 7 heteroatoms. The van der Waals surface area contributed by atoms with Gasteiger partial charge in [0.2, 0.25) is 0 Å². The summed E-state index contributed by atoms with van der Waals surface area (Å²) < 4.78 is 10.8. The number of hydrogen-bond acceptors (Lipinski definition) is 6. The van der Waals surface area contributed by atoms with Crippen LogP contribution in [0, 0.1) is 5.21 Å². The standard InChI is InChI=1S/C13H15N3O4/c1-3-4-11-14-12(20-15-11)9(2)19-13(17)10-5-7-16(18)8-6-10/h5-9H,3-4H2,1-2H3/t9-/m0/s1. The number of carbonyl (C=O) groups excluding carboxylic acids is 1. The molecule has 0 amide bonds. The van der Waals surface area contributed by atoms with E-state index in [1.165, 1.54) is 24.5 Å². The first-order valence-corrected chi connectivity index (χ1v) is 6.32. The van der Waals surface area contributed by atoms with Gasteiger partial charge in [0.1, 0.15) is 0 Å². The van der Waals surface area contributed by atoms with Crippen molar-refractivity contribution < 1.29 is 18.8 Å². The highest BCUT2D eigenvalue weighted by Crippen LogP contribution is 2.16. The van der Waals surface area contributed by atoms with E-state index in [0.717, 1.165) is 6.42 Å². The molecular formula is C13H15N3O4. The third kappa shape index (κ3) is 3.31. The molecule has 20 heavy (non-hydrogen) atoms. The van der Waals surface area contributed by atoms with Crippen molar-refractivity contribution in [1.82, 2.24) is 10.1 Å². The molecule has 2 heterocycles. The summed E-state index contributed by atoms with van der Waals surface area (Å²) in [7, 11) is 0. The second-order valence-corrected chi connectivity index (χ2v) is 4.29. The molecular weight excluding hydrogens is 262 g/mol. The number of nitrogens with zero attached hydrogens (tertiary/aromatic N) is 3. The average Bonchev–Trinajstić information content (AvgIpc) is 2.88. The molecule has 0 spiro atoms. The van der Waals surface area contributed by atoms with E-state index in [1.807, 2.05) is 6.92 Å². The minimum absolute atomic E-state index is 0.261. The molecule has 0 unspecified atom stereocenters. The first kappa shape index (κ1) is 14.0. The molecule has 2 aromatic heterocycles. The quantitative estimate of drug-likeness (QED) is 0.468. The van der Waals surface area contributed by atoms with E-state index in [-0.39, 0.29) is 11.5 Å².